The van der Waals surface area contributed by atoms with Gasteiger partial charge in [0.15, 0.2) is 5.76 Å². The molecule has 1 aromatic heterocycles. The standard InChI is InChI=1S/C14H17N3O3/c1-3-19-14(18)11-5-4-6-12(13(11)15)16-8-10-7-9(2)17-20-10/h4-7,16H,3,8,15H2,1-2H3. The summed E-state index contributed by atoms with van der Waals surface area (Å²) in [5.74, 6) is 0.271. The van der Waals surface area contributed by atoms with Crippen molar-refractivity contribution in [2.75, 3.05) is 17.7 Å². The van der Waals surface area contributed by atoms with Gasteiger partial charge in [-0.15, -0.1) is 0 Å². The third kappa shape index (κ3) is 3.09. The van der Waals surface area contributed by atoms with Crippen molar-refractivity contribution in [3.8, 4) is 0 Å². The number of hydrogen-bond donors (Lipinski definition) is 2. The minimum atomic E-state index is -0.427. The number of anilines is 2. The summed E-state index contributed by atoms with van der Waals surface area (Å²) in [6, 6.07) is 7.01. The van der Waals surface area contributed by atoms with E-state index in [1.165, 1.54) is 0 Å². The summed E-state index contributed by atoms with van der Waals surface area (Å²) < 4.78 is 10.1. The van der Waals surface area contributed by atoms with Crippen LogP contribution < -0.4 is 11.1 Å². The topological polar surface area (TPSA) is 90.4 Å². The number of para-hydroxylation sites is 1. The summed E-state index contributed by atoms with van der Waals surface area (Å²) in [6.07, 6.45) is 0. The molecule has 0 aliphatic carbocycles. The van der Waals surface area contributed by atoms with Gasteiger partial charge >= 0.3 is 5.97 Å². The Labute approximate surface area is 116 Å². The number of nitrogens with zero attached hydrogens (tertiary/aromatic N) is 1. The molecular formula is C14H17N3O3. The zero-order valence-corrected chi connectivity index (χ0v) is 11.5. The highest BCUT2D eigenvalue weighted by atomic mass is 16.5. The van der Waals surface area contributed by atoms with Crippen LogP contribution in [0.25, 0.3) is 0 Å². The Bertz CT molecular complexity index is 607. The number of carbonyl (C=O) groups is 1. The minimum absolute atomic E-state index is 0.313. The van der Waals surface area contributed by atoms with Gasteiger partial charge in [-0.25, -0.2) is 4.79 Å². The summed E-state index contributed by atoms with van der Waals surface area (Å²) in [6.45, 7) is 4.36. The van der Waals surface area contributed by atoms with E-state index < -0.39 is 5.97 Å². The number of nitrogen functional groups attached to an aromatic ring is 1. The van der Waals surface area contributed by atoms with Crippen LogP contribution in [-0.4, -0.2) is 17.7 Å². The van der Waals surface area contributed by atoms with E-state index in [0.717, 1.165) is 5.69 Å². The maximum atomic E-state index is 11.7. The molecule has 1 heterocycles. The SMILES string of the molecule is CCOC(=O)c1cccc(NCc2cc(C)no2)c1N. The van der Waals surface area contributed by atoms with E-state index in [1.807, 2.05) is 13.0 Å². The van der Waals surface area contributed by atoms with E-state index >= 15 is 0 Å². The molecule has 2 rings (SSSR count). The van der Waals surface area contributed by atoms with Gasteiger partial charge in [-0.2, -0.15) is 0 Å². The van der Waals surface area contributed by atoms with Crippen molar-refractivity contribution in [1.82, 2.24) is 5.16 Å². The zero-order valence-electron chi connectivity index (χ0n) is 11.5. The maximum Gasteiger partial charge on any atom is 0.340 e. The lowest BCUT2D eigenvalue weighted by Crippen LogP contribution is -2.10. The fourth-order valence-corrected chi connectivity index (χ4v) is 1.79. The molecule has 0 amide bonds. The predicted octanol–water partition coefficient (Wildman–Crippen LogP) is 2.35. The lowest BCUT2D eigenvalue weighted by molar-refractivity contribution is 0.0527. The number of aromatic nitrogens is 1. The van der Waals surface area contributed by atoms with Gasteiger partial charge in [-0.1, -0.05) is 11.2 Å². The predicted molar refractivity (Wildman–Crippen MR) is 75.4 cm³/mol. The maximum absolute atomic E-state index is 11.7. The summed E-state index contributed by atoms with van der Waals surface area (Å²) in [7, 11) is 0. The molecule has 0 aliphatic heterocycles. The average molecular weight is 275 g/mol. The fraction of sp³-hybridized carbons (Fsp3) is 0.286. The number of nitrogens with two attached hydrogens (primary N) is 1. The number of aryl methyl sites for hydroxylation is 1. The first-order valence-electron chi connectivity index (χ1n) is 6.33. The van der Waals surface area contributed by atoms with Crippen LogP contribution in [0.5, 0.6) is 0 Å². The van der Waals surface area contributed by atoms with Crippen molar-refractivity contribution in [1.29, 1.82) is 0 Å². The first kappa shape index (κ1) is 13.9. The van der Waals surface area contributed by atoms with E-state index in [4.69, 9.17) is 15.0 Å². The van der Waals surface area contributed by atoms with Gasteiger partial charge in [0.05, 0.1) is 35.8 Å². The van der Waals surface area contributed by atoms with Crippen molar-refractivity contribution < 1.29 is 14.1 Å². The van der Waals surface area contributed by atoms with E-state index in [1.54, 1.807) is 25.1 Å². The van der Waals surface area contributed by atoms with Crippen molar-refractivity contribution in [2.24, 2.45) is 0 Å². The molecule has 1 aromatic carbocycles. The van der Waals surface area contributed by atoms with Crippen LogP contribution in [0.1, 0.15) is 28.7 Å². The van der Waals surface area contributed by atoms with Crippen LogP contribution in [0.2, 0.25) is 0 Å². The highest BCUT2D eigenvalue weighted by molar-refractivity contribution is 5.98. The first-order chi connectivity index (χ1) is 9.61. The van der Waals surface area contributed by atoms with Gasteiger partial charge in [0.2, 0.25) is 0 Å². The summed E-state index contributed by atoms with van der Waals surface area (Å²) in [4.78, 5) is 11.7. The summed E-state index contributed by atoms with van der Waals surface area (Å²) in [5, 5.41) is 6.91. The number of carbonyl (C=O) groups excluding carboxylic acids is 1. The fourth-order valence-electron chi connectivity index (χ4n) is 1.79. The molecule has 3 N–H and O–H groups in total. The average Bonchev–Trinajstić information content (AvgIpc) is 2.83. The molecule has 0 unspecified atom stereocenters. The molecule has 0 bridgehead atoms. The Morgan fingerprint density at radius 2 is 2.30 bits per heavy atom. The van der Waals surface area contributed by atoms with Crippen molar-refractivity contribution in [3.63, 3.8) is 0 Å². The lowest BCUT2D eigenvalue weighted by Gasteiger charge is -2.11. The third-order valence-electron chi connectivity index (χ3n) is 2.73. The Morgan fingerprint density at radius 1 is 1.50 bits per heavy atom. The molecule has 0 aliphatic rings. The van der Waals surface area contributed by atoms with Crippen LogP contribution in [0.4, 0.5) is 11.4 Å². The molecule has 0 fully saturated rings. The number of benzene rings is 1. The number of rotatable bonds is 5. The molecule has 6 nitrogen and oxygen atoms in total. The quantitative estimate of drug-likeness (QED) is 0.643. The molecule has 20 heavy (non-hydrogen) atoms. The van der Waals surface area contributed by atoms with Gasteiger partial charge < -0.3 is 20.3 Å². The largest absolute Gasteiger partial charge is 0.462 e. The van der Waals surface area contributed by atoms with Gasteiger partial charge in [-0.3, -0.25) is 0 Å². The highest BCUT2D eigenvalue weighted by Crippen LogP contribution is 2.24. The number of ether oxygens (including phenoxy) is 1. The van der Waals surface area contributed by atoms with Crippen LogP contribution in [0.3, 0.4) is 0 Å². The van der Waals surface area contributed by atoms with Gasteiger partial charge in [0.1, 0.15) is 0 Å². The normalized spacial score (nSPS) is 10.3. The number of hydrogen-bond acceptors (Lipinski definition) is 6. The second kappa shape index (κ2) is 6.10. The minimum Gasteiger partial charge on any atom is -0.462 e. The molecule has 0 atom stereocenters. The Hall–Kier alpha value is -2.50. The molecule has 0 radical (unpaired) electrons. The highest BCUT2D eigenvalue weighted by Gasteiger charge is 2.13. The third-order valence-corrected chi connectivity index (χ3v) is 2.73. The monoisotopic (exact) mass is 275 g/mol. The molecule has 2 aromatic rings. The molecule has 0 spiro atoms. The van der Waals surface area contributed by atoms with E-state index in [0.29, 0.717) is 35.9 Å². The smallest absolute Gasteiger partial charge is 0.340 e. The van der Waals surface area contributed by atoms with Gasteiger partial charge in [-0.05, 0) is 26.0 Å². The second-order valence-corrected chi connectivity index (χ2v) is 4.28. The second-order valence-electron chi connectivity index (χ2n) is 4.28. The summed E-state index contributed by atoms with van der Waals surface area (Å²) in [5.41, 5.74) is 8.16. The van der Waals surface area contributed by atoms with Crippen molar-refractivity contribution in [2.45, 2.75) is 20.4 Å². The first-order valence-corrected chi connectivity index (χ1v) is 6.33. The Balaban J connectivity index is 2.12. The van der Waals surface area contributed by atoms with Crippen molar-refractivity contribution >= 4 is 17.3 Å². The van der Waals surface area contributed by atoms with Crippen LogP contribution in [0, 0.1) is 6.92 Å². The molecule has 6 heteroatoms. The van der Waals surface area contributed by atoms with Crippen LogP contribution >= 0.6 is 0 Å². The number of nitrogens with one attached hydrogen (secondary N) is 1. The lowest BCUT2D eigenvalue weighted by atomic mass is 10.1. The van der Waals surface area contributed by atoms with E-state index in [-0.39, 0.29) is 0 Å². The molecular weight excluding hydrogens is 258 g/mol. The Kier molecular flexibility index (Phi) is 4.24. The van der Waals surface area contributed by atoms with Gasteiger partial charge in [0.25, 0.3) is 0 Å². The molecule has 0 saturated carbocycles. The number of esters is 1. The molecule has 0 saturated heterocycles. The summed E-state index contributed by atoms with van der Waals surface area (Å²) >= 11 is 0. The molecule has 106 valence electrons. The van der Waals surface area contributed by atoms with Gasteiger partial charge in [0, 0.05) is 6.07 Å². The van der Waals surface area contributed by atoms with E-state index in [9.17, 15) is 4.79 Å². The van der Waals surface area contributed by atoms with E-state index in [2.05, 4.69) is 10.5 Å². The van der Waals surface area contributed by atoms with Crippen molar-refractivity contribution in [3.05, 3.63) is 41.3 Å². The zero-order chi connectivity index (χ0) is 14.5. The Morgan fingerprint density at radius 3 is 2.95 bits per heavy atom. The van der Waals surface area contributed by atoms with Crippen LogP contribution in [0.15, 0.2) is 28.8 Å². The van der Waals surface area contributed by atoms with Crippen LogP contribution in [-0.2, 0) is 11.3 Å².